The van der Waals surface area contributed by atoms with Gasteiger partial charge in [0.05, 0.1) is 11.3 Å². The molecule has 1 aromatic heterocycles. The van der Waals surface area contributed by atoms with E-state index in [0.717, 1.165) is 10.6 Å². The Morgan fingerprint density at radius 2 is 2.06 bits per heavy atom. The molecule has 1 heterocycles. The Hall–Kier alpha value is -1.94. The zero-order chi connectivity index (χ0) is 12.3. The number of aromatic nitrogens is 1. The molecule has 0 atom stereocenters. The van der Waals surface area contributed by atoms with Gasteiger partial charge in [-0.25, -0.2) is 9.78 Å². The molecular weight excluding hydrogens is 234 g/mol. The van der Waals surface area contributed by atoms with E-state index in [9.17, 15) is 4.79 Å². The number of benzene rings is 1. The van der Waals surface area contributed by atoms with Crippen LogP contribution in [0.3, 0.4) is 0 Å². The van der Waals surface area contributed by atoms with E-state index in [0.29, 0.717) is 5.69 Å². The van der Waals surface area contributed by atoms with Gasteiger partial charge in [0.1, 0.15) is 5.01 Å². The number of nitrogens with zero attached hydrogens (tertiary/aromatic N) is 1. The highest BCUT2D eigenvalue weighted by atomic mass is 32.1. The molecule has 0 saturated carbocycles. The van der Waals surface area contributed by atoms with E-state index in [1.807, 2.05) is 30.3 Å². The van der Waals surface area contributed by atoms with Crippen molar-refractivity contribution in [3.05, 3.63) is 47.5 Å². The van der Waals surface area contributed by atoms with Crippen LogP contribution in [-0.2, 0) is 4.79 Å². The van der Waals surface area contributed by atoms with Gasteiger partial charge in [-0.2, -0.15) is 0 Å². The highest BCUT2D eigenvalue weighted by Gasteiger charge is 2.13. The number of hydrogen-bond acceptors (Lipinski definition) is 3. The third kappa shape index (κ3) is 2.42. The van der Waals surface area contributed by atoms with Gasteiger partial charge in [0.2, 0.25) is 0 Å². The molecule has 0 unspecified atom stereocenters. The van der Waals surface area contributed by atoms with Gasteiger partial charge in [0.25, 0.3) is 0 Å². The maximum absolute atomic E-state index is 11.0. The number of carboxylic acid groups (broad SMARTS) is 1. The molecule has 2 aromatic rings. The van der Waals surface area contributed by atoms with E-state index in [1.165, 1.54) is 11.3 Å². The zero-order valence-electron chi connectivity index (χ0n) is 9.25. The van der Waals surface area contributed by atoms with E-state index >= 15 is 0 Å². The van der Waals surface area contributed by atoms with Crippen molar-refractivity contribution >= 4 is 22.9 Å². The van der Waals surface area contributed by atoms with Crippen LogP contribution in [0, 0.1) is 0 Å². The van der Waals surface area contributed by atoms with Crippen LogP contribution in [0.25, 0.3) is 16.1 Å². The summed E-state index contributed by atoms with van der Waals surface area (Å²) in [5, 5.41) is 11.6. The Bertz CT molecular complexity index is 558. The zero-order valence-corrected chi connectivity index (χ0v) is 10.1. The van der Waals surface area contributed by atoms with Crippen LogP contribution in [-0.4, -0.2) is 16.1 Å². The molecular formula is C13H11NO2S. The van der Waals surface area contributed by atoms with Gasteiger partial charge in [-0.05, 0) is 6.92 Å². The first-order chi connectivity index (χ1) is 8.22. The normalized spacial score (nSPS) is 11.5. The predicted octanol–water partition coefficient (Wildman–Crippen LogP) is 3.30. The summed E-state index contributed by atoms with van der Waals surface area (Å²) in [6, 6.07) is 9.72. The van der Waals surface area contributed by atoms with Crippen LogP contribution in [0.15, 0.2) is 41.8 Å². The average molecular weight is 245 g/mol. The van der Waals surface area contributed by atoms with Crippen LogP contribution in [0.4, 0.5) is 0 Å². The van der Waals surface area contributed by atoms with E-state index in [4.69, 9.17) is 5.11 Å². The monoisotopic (exact) mass is 245 g/mol. The molecule has 0 saturated heterocycles. The summed E-state index contributed by atoms with van der Waals surface area (Å²) in [6.07, 6.45) is 1.56. The Morgan fingerprint density at radius 3 is 2.65 bits per heavy atom. The first-order valence-electron chi connectivity index (χ1n) is 5.13. The molecule has 0 radical (unpaired) electrons. The summed E-state index contributed by atoms with van der Waals surface area (Å²) in [7, 11) is 0. The Kier molecular flexibility index (Phi) is 3.35. The van der Waals surface area contributed by atoms with Gasteiger partial charge in [0, 0.05) is 10.9 Å². The van der Waals surface area contributed by atoms with Crippen molar-refractivity contribution in [1.82, 2.24) is 4.98 Å². The number of hydrogen-bond donors (Lipinski definition) is 1. The molecule has 86 valence electrons. The number of rotatable bonds is 3. The Labute approximate surface area is 103 Å². The Morgan fingerprint density at radius 1 is 1.35 bits per heavy atom. The van der Waals surface area contributed by atoms with E-state index in [2.05, 4.69) is 4.98 Å². The Balaban J connectivity index is 2.37. The van der Waals surface area contributed by atoms with Gasteiger partial charge < -0.3 is 5.11 Å². The lowest BCUT2D eigenvalue weighted by Gasteiger charge is -1.96. The van der Waals surface area contributed by atoms with Gasteiger partial charge in [-0.15, -0.1) is 11.3 Å². The van der Waals surface area contributed by atoms with Crippen molar-refractivity contribution in [2.24, 2.45) is 0 Å². The van der Waals surface area contributed by atoms with Crippen molar-refractivity contribution in [1.29, 1.82) is 0 Å². The molecule has 0 aliphatic carbocycles. The topological polar surface area (TPSA) is 50.2 Å². The van der Waals surface area contributed by atoms with Crippen molar-refractivity contribution in [2.75, 3.05) is 0 Å². The first kappa shape index (κ1) is 11.5. The SMILES string of the molecule is C/C=C(\C(=O)O)c1csc(-c2ccccc2)n1. The van der Waals surface area contributed by atoms with Crippen LogP contribution in [0.1, 0.15) is 12.6 Å². The summed E-state index contributed by atoms with van der Waals surface area (Å²) in [4.78, 5) is 15.3. The van der Waals surface area contributed by atoms with Gasteiger partial charge in [-0.1, -0.05) is 36.4 Å². The summed E-state index contributed by atoms with van der Waals surface area (Å²) in [5.41, 5.74) is 1.76. The van der Waals surface area contributed by atoms with Crippen LogP contribution in [0.2, 0.25) is 0 Å². The first-order valence-corrected chi connectivity index (χ1v) is 6.01. The quantitative estimate of drug-likeness (QED) is 0.844. The van der Waals surface area contributed by atoms with E-state index < -0.39 is 5.97 Å². The smallest absolute Gasteiger partial charge is 0.337 e. The second-order valence-corrected chi connectivity index (χ2v) is 4.27. The molecule has 3 nitrogen and oxygen atoms in total. The third-order valence-electron chi connectivity index (χ3n) is 2.32. The summed E-state index contributed by atoms with van der Waals surface area (Å²) in [5.74, 6) is -0.947. The molecule has 0 aliphatic rings. The number of aliphatic carboxylic acids is 1. The average Bonchev–Trinajstić information content (AvgIpc) is 2.80. The molecule has 0 fully saturated rings. The molecule has 0 bridgehead atoms. The minimum atomic E-state index is -0.947. The number of carbonyl (C=O) groups is 1. The third-order valence-corrected chi connectivity index (χ3v) is 3.21. The molecule has 0 aliphatic heterocycles. The van der Waals surface area contributed by atoms with E-state index in [1.54, 1.807) is 18.4 Å². The largest absolute Gasteiger partial charge is 0.478 e. The molecule has 2 rings (SSSR count). The maximum Gasteiger partial charge on any atom is 0.337 e. The minimum Gasteiger partial charge on any atom is -0.478 e. The molecule has 1 N–H and O–H groups in total. The van der Waals surface area contributed by atoms with Crippen molar-refractivity contribution in [3.63, 3.8) is 0 Å². The van der Waals surface area contributed by atoms with Gasteiger partial charge in [0.15, 0.2) is 0 Å². The molecule has 0 amide bonds. The van der Waals surface area contributed by atoms with E-state index in [-0.39, 0.29) is 5.57 Å². The lowest BCUT2D eigenvalue weighted by Crippen LogP contribution is -1.99. The lowest BCUT2D eigenvalue weighted by molar-refractivity contribution is -0.130. The number of allylic oxidation sites excluding steroid dienone is 1. The van der Waals surface area contributed by atoms with Gasteiger partial charge in [-0.3, -0.25) is 0 Å². The summed E-state index contributed by atoms with van der Waals surface area (Å²) in [6.45, 7) is 1.70. The molecule has 17 heavy (non-hydrogen) atoms. The highest BCUT2D eigenvalue weighted by Crippen LogP contribution is 2.26. The molecule has 1 aromatic carbocycles. The molecule has 0 spiro atoms. The fraction of sp³-hybridized carbons (Fsp3) is 0.0769. The van der Waals surface area contributed by atoms with Crippen LogP contribution in [0.5, 0.6) is 0 Å². The van der Waals surface area contributed by atoms with Crippen molar-refractivity contribution in [2.45, 2.75) is 6.92 Å². The lowest BCUT2D eigenvalue weighted by atomic mass is 10.2. The van der Waals surface area contributed by atoms with Crippen molar-refractivity contribution < 1.29 is 9.90 Å². The minimum absolute atomic E-state index is 0.239. The predicted molar refractivity (Wildman–Crippen MR) is 68.8 cm³/mol. The van der Waals surface area contributed by atoms with Crippen LogP contribution >= 0.6 is 11.3 Å². The fourth-order valence-corrected chi connectivity index (χ4v) is 2.32. The van der Waals surface area contributed by atoms with Crippen molar-refractivity contribution in [3.8, 4) is 10.6 Å². The standard InChI is InChI=1S/C13H11NO2S/c1-2-10(13(15)16)11-8-17-12(14-11)9-6-4-3-5-7-9/h2-8H,1H3,(H,15,16)/b10-2-. The molecule has 4 heteroatoms. The second-order valence-electron chi connectivity index (χ2n) is 3.41. The highest BCUT2D eigenvalue weighted by molar-refractivity contribution is 7.13. The maximum atomic E-state index is 11.0. The fourth-order valence-electron chi connectivity index (χ4n) is 1.49. The second kappa shape index (κ2) is 4.93. The number of carboxylic acids is 1. The van der Waals surface area contributed by atoms with Crippen LogP contribution < -0.4 is 0 Å². The summed E-state index contributed by atoms with van der Waals surface area (Å²) < 4.78 is 0. The summed E-state index contributed by atoms with van der Waals surface area (Å²) >= 11 is 1.45. The number of thiazole rings is 1. The van der Waals surface area contributed by atoms with Gasteiger partial charge >= 0.3 is 5.97 Å².